The highest BCUT2D eigenvalue weighted by Crippen LogP contribution is 2.28. The topological polar surface area (TPSA) is 84.9 Å². The fraction of sp³-hybridized carbons (Fsp3) is 0.471. The van der Waals surface area contributed by atoms with Gasteiger partial charge in [0.2, 0.25) is 5.91 Å². The van der Waals surface area contributed by atoms with Gasteiger partial charge in [-0.1, -0.05) is 6.07 Å². The van der Waals surface area contributed by atoms with Gasteiger partial charge >= 0.3 is 12.1 Å². The number of anilines is 2. The molecule has 1 aliphatic heterocycles. The van der Waals surface area contributed by atoms with Crippen LogP contribution in [0.2, 0.25) is 0 Å². The zero-order valence-electron chi connectivity index (χ0n) is 14.3. The molecule has 0 saturated carbocycles. The predicted octanol–water partition coefficient (Wildman–Crippen LogP) is 2.56. The molecule has 7 nitrogen and oxygen atoms in total. The van der Waals surface area contributed by atoms with Crippen LogP contribution < -0.4 is 10.2 Å². The molecule has 1 saturated heterocycles. The van der Waals surface area contributed by atoms with E-state index in [1.54, 1.807) is 45.0 Å². The molecular weight excluding hydrogens is 312 g/mol. The van der Waals surface area contributed by atoms with Crippen LogP contribution in [-0.4, -0.2) is 37.2 Å². The third kappa shape index (κ3) is 4.47. The summed E-state index contributed by atoms with van der Waals surface area (Å²) in [6.07, 6.45) is -0.448. The maximum Gasteiger partial charge on any atom is 0.412 e. The summed E-state index contributed by atoms with van der Waals surface area (Å²) in [6, 6.07) is 6.84. The summed E-state index contributed by atoms with van der Waals surface area (Å²) in [6.45, 7) is 5.60. The molecule has 0 radical (unpaired) electrons. The second-order valence-corrected chi connectivity index (χ2v) is 6.61. The molecule has 1 aliphatic rings. The van der Waals surface area contributed by atoms with Crippen LogP contribution in [0.1, 0.15) is 27.2 Å². The van der Waals surface area contributed by atoms with Gasteiger partial charge in [-0.2, -0.15) is 0 Å². The van der Waals surface area contributed by atoms with Gasteiger partial charge in [-0.05, 0) is 39.0 Å². The Morgan fingerprint density at radius 1 is 1.29 bits per heavy atom. The van der Waals surface area contributed by atoms with Crippen LogP contribution in [0, 0.1) is 5.92 Å². The van der Waals surface area contributed by atoms with Crippen molar-refractivity contribution in [1.82, 2.24) is 0 Å². The molecule has 130 valence electrons. The molecule has 1 atom stereocenters. The number of esters is 1. The third-order valence-electron chi connectivity index (χ3n) is 3.46. The lowest BCUT2D eigenvalue weighted by Gasteiger charge is -2.20. The van der Waals surface area contributed by atoms with Gasteiger partial charge < -0.3 is 14.4 Å². The van der Waals surface area contributed by atoms with E-state index < -0.39 is 23.6 Å². The Morgan fingerprint density at radius 3 is 2.62 bits per heavy atom. The average Bonchev–Trinajstić information content (AvgIpc) is 2.86. The van der Waals surface area contributed by atoms with Crippen molar-refractivity contribution in [3.05, 3.63) is 24.3 Å². The molecule has 1 unspecified atom stereocenters. The maximum absolute atomic E-state index is 12.1. The lowest BCUT2D eigenvalue weighted by molar-refractivity contribution is -0.145. The van der Waals surface area contributed by atoms with E-state index in [2.05, 4.69) is 5.32 Å². The summed E-state index contributed by atoms with van der Waals surface area (Å²) in [4.78, 5) is 37.1. The summed E-state index contributed by atoms with van der Waals surface area (Å²) >= 11 is 0. The number of hydrogen-bond donors (Lipinski definition) is 1. The first kappa shape index (κ1) is 17.8. The number of methoxy groups -OCH3 is 1. The quantitative estimate of drug-likeness (QED) is 0.859. The van der Waals surface area contributed by atoms with Crippen molar-refractivity contribution >= 4 is 29.3 Å². The summed E-state index contributed by atoms with van der Waals surface area (Å²) in [5.41, 5.74) is 0.524. The Morgan fingerprint density at radius 2 is 2.00 bits per heavy atom. The lowest BCUT2D eigenvalue weighted by Crippen LogP contribution is -2.28. The van der Waals surface area contributed by atoms with Crippen molar-refractivity contribution in [3.8, 4) is 0 Å². The Hall–Kier alpha value is -2.57. The minimum atomic E-state index is -0.597. The molecule has 1 aromatic carbocycles. The van der Waals surface area contributed by atoms with Gasteiger partial charge in [-0.15, -0.1) is 0 Å². The smallest absolute Gasteiger partial charge is 0.412 e. The first-order valence-corrected chi connectivity index (χ1v) is 7.68. The van der Waals surface area contributed by atoms with Crippen LogP contribution in [0.3, 0.4) is 0 Å². The fourth-order valence-corrected chi connectivity index (χ4v) is 2.45. The highest BCUT2D eigenvalue weighted by Gasteiger charge is 2.35. The van der Waals surface area contributed by atoms with Crippen LogP contribution in [0.5, 0.6) is 0 Å². The Labute approximate surface area is 140 Å². The number of carbonyl (C=O) groups excluding carboxylic acids is 3. The van der Waals surface area contributed by atoms with E-state index in [4.69, 9.17) is 9.47 Å². The number of ether oxygens (including phenoxy) is 2. The molecule has 1 aromatic rings. The molecule has 1 fully saturated rings. The van der Waals surface area contributed by atoms with Gasteiger partial charge in [0.25, 0.3) is 0 Å². The SMILES string of the molecule is COC(=O)C1CC(=O)N(c2cccc(NC(=O)OC(C)(C)C)c2)C1. The van der Waals surface area contributed by atoms with Crippen molar-refractivity contribution in [2.45, 2.75) is 32.8 Å². The average molecular weight is 334 g/mol. The molecule has 0 spiro atoms. The van der Waals surface area contributed by atoms with Crippen molar-refractivity contribution in [1.29, 1.82) is 0 Å². The van der Waals surface area contributed by atoms with Crippen LogP contribution in [-0.2, 0) is 19.1 Å². The van der Waals surface area contributed by atoms with E-state index in [0.717, 1.165) is 0 Å². The van der Waals surface area contributed by atoms with E-state index in [-0.39, 0.29) is 18.9 Å². The second-order valence-electron chi connectivity index (χ2n) is 6.61. The zero-order valence-corrected chi connectivity index (χ0v) is 14.3. The highest BCUT2D eigenvalue weighted by atomic mass is 16.6. The molecule has 2 amide bonds. The first-order valence-electron chi connectivity index (χ1n) is 7.68. The highest BCUT2D eigenvalue weighted by molar-refractivity contribution is 6.00. The number of hydrogen-bond acceptors (Lipinski definition) is 5. The zero-order chi connectivity index (χ0) is 17.9. The molecule has 2 rings (SSSR count). The number of rotatable bonds is 3. The minimum Gasteiger partial charge on any atom is -0.469 e. The largest absolute Gasteiger partial charge is 0.469 e. The van der Waals surface area contributed by atoms with Crippen molar-refractivity contribution < 1.29 is 23.9 Å². The minimum absolute atomic E-state index is 0.121. The van der Waals surface area contributed by atoms with Crippen molar-refractivity contribution in [3.63, 3.8) is 0 Å². The van der Waals surface area contributed by atoms with Gasteiger partial charge in [-0.25, -0.2) is 4.79 Å². The van der Waals surface area contributed by atoms with E-state index in [1.807, 2.05) is 0 Å². The lowest BCUT2D eigenvalue weighted by atomic mass is 10.1. The van der Waals surface area contributed by atoms with Crippen molar-refractivity contribution in [2.75, 3.05) is 23.9 Å². The van der Waals surface area contributed by atoms with Gasteiger partial charge in [-0.3, -0.25) is 14.9 Å². The third-order valence-corrected chi connectivity index (χ3v) is 3.46. The van der Waals surface area contributed by atoms with Crippen LogP contribution in [0.4, 0.5) is 16.2 Å². The summed E-state index contributed by atoms with van der Waals surface area (Å²) in [7, 11) is 1.31. The van der Waals surface area contributed by atoms with E-state index in [1.165, 1.54) is 12.0 Å². The molecule has 0 aliphatic carbocycles. The number of amides is 2. The van der Waals surface area contributed by atoms with E-state index in [9.17, 15) is 14.4 Å². The molecule has 0 aromatic heterocycles. The Balaban J connectivity index is 2.09. The summed E-state index contributed by atoms with van der Waals surface area (Å²) in [5, 5.41) is 2.63. The fourth-order valence-electron chi connectivity index (χ4n) is 2.45. The van der Waals surface area contributed by atoms with Gasteiger partial charge in [0.1, 0.15) is 5.60 Å². The van der Waals surface area contributed by atoms with Gasteiger partial charge in [0.05, 0.1) is 13.0 Å². The molecule has 24 heavy (non-hydrogen) atoms. The summed E-state index contributed by atoms with van der Waals surface area (Å²) < 4.78 is 9.90. The molecule has 7 heteroatoms. The molecule has 1 N–H and O–H groups in total. The normalized spacial score (nSPS) is 17.6. The standard InChI is InChI=1S/C17H22N2O5/c1-17(2,3)24-16(22)18-12-6-5-7-13(9-12)19-10-11(8-14(19)20)15(21)23-4/h5-7,9,11H,8,10H2,1-4H3,(H,18,22). The van der Waals surface area contributed by atoms with E-state index in [0.29, 0.717) is 11.4 Å². The monoisotopic (exact) mass is 334 g/mol. The van der Waals surface area contributed by atoms with Gasteiger partial charge in [0.15, 0.2) is 0 Å². The number of nitrogens with zero attached hydrogens (tertiary/aromatic N) is 1. The molecular formula is C17H22N2O5. The van der Waals surface area contributed by atoms with E-state index >= 15 is 0 Å². The summed E-state index contributed by atoms with van der Waals surface area (Å²) in [5.74, 6) is -1.02. The second kappa shape index (κ2) is 6.90. The number of benzene rings is 1. The molecule has 0 bridgehead atoms. The molecule has 1 heterocycles. The number of carbonyl (C=O) groups is 3. The Bertz CT molecular complexity index is 651. The van der Waals surface area contributed by atoms with Crippen molar-refractivity contribution in [2.24, 2.45) is 5.92 Å². The Kier molecular flexibility index (Phi) is 5.11. The van der Waals surface area contributed by atoms with Crippen LogP contribution in [0.25, 0.3) is 0 Å². The van der Waals surface area contributed by atoms with Crippen LogP contribution in [0.15, 0.2) is 24.3 Å². The maximum atomic E-state index is 12.1. The van der Waals surface area contributed by atoms with Crippen LogP contribution >= 0.6 is 0 Å². The first-order chi connectivity index (χ1) is 11.2. The van der Waals surface area contributed by atoms with Gasteiger partial charge in [0, 0.05) is 24.3 Å². The predicted molar refractivity (Wildman–Crippen MR) is 88.8 cm³/mol. The number of nitrogens with one attached hydrogen (secondary N) is 1.